The van der Waals surface area contributed by atoms with Crippen molar-refractivity contribution in [2.75, 3.05) is 19.7 Å². The highest BCUT2D eigenvalue weighted by molar-refractivity contribution is 6.32. The van der Waals surface area contributed by atoms with Gasteiger partial charge in [-0.2, -0.15) is 0 Å². The van der Waals surface area contributed by atoms with E-state index in [1.54, 1.807) is 12.1 Å². The van der Waals surface area contributed by atoms with E-state index < -0.39 is 4.92 Å². The van der Waals surface area contributed by atoms with Crippen LogP contribution in [0, 0.1) is 16.0 Å². The van der Waals surface area contributed by atoms with Crippen molar-refractivity contribution in [1.82, 2.24) is 5.32 Å². The molecule has 1 aromatic rings. The van der Waals surface area contributed by atoms with Gasteiger partial charge >= 0.3 is 5.69 Å². The summed E-state index contributed by atoms with van der Waals surface area (Å²) >= 11 is 5.81. The van der Waals surface area contributed by atoms with Crippen LogP contribution in [0.4, 0.5) is 5.69 Å². The first-order valence-corrected chi connectivity index (χ1v) is 6.32. The molecular weight excluding hydrogens is 256 g/mol. The maximum Gasteiger partial charge on any atom is 0.329 e. The van der Waals surface area contributed by atoms with E-state index in [1.165, 1.54) is 6.07 Å². The SMILES string of the molecule is O=[N+]([O-])c1c(Cl)cccc1OCC1CCNCC1. The lowest BCUT2D eigenvalue weighted by Gasteiger charge is -2.22. The maximum absolute atomic E-state index is 10.9. The van der Waals surface area contributed by atoms with Crippen molar-refractivity contribution in [3.05, 3.63) is 33.3 Å². The van der Waals surface area contributed by atoms with Crippen molar-refractivity contribution in [1.29, 1.82) is 0 Å². The van der Waals surface area contributed by atoms with E-state index in [4.69, 9.17) is 16.3 Å². The zero-order valence-corrected chi connectivity index (χ0v) is 10.7. The summed E-state index contributed by atoms with van der Waals surface area (Å²) in [5.41, 5.74) is -0.145. The highest BCUT2D eigenvalue weighted by atomic mass is 35.5. The summed E-state index contributed by atoms with van der Waals surface area (Å²) in [6.45, 7) is 2.46. The van der Waals surface area contributed by atoms with Gasteiger partial charge in [0.05, 0.1) is 11.5 Å². The number of hydrogen-bond acceptors (Lipinski definition) is 4. The highest BCUT2D eigenvalue weighted by Gasteiger charge is 2.21. The van der Waals surface area contributed by atoms with Crippen LogP contribution >= 0.6 is 11.6 Å². The van der Waals surface area contributed by atoms with E-state index >= 15 is 0 Å². The summed E-state index contributed by atoms with van der Waals surface area (Å²) in [4.78, 5) is 10.4. The molecule has 0 aliphatic carbocycles. The monoisotopic (exact) mass is 270 g/mol. The third-order valence-electron chi connectivity index (χ3n) is 3.07. The number of ether oxygens (including phenoxy) is 1. The molecule has 1 N–H and O–H groups in total. The third kappa shape index (κ3) is 3.11. The largest absolute Gasteiger partial charge is 0.486 e. The summed E-state index contributed by atoms with van der Waals surface area (Å²) in [5.74, 6) is 0.705. The van der Waals surface area contributed by atoms with E-state index in [-0.39, 0.29) is 16.5 Å². The average molecular weight is 271 g/mol. The summed E-state index contributed by atoms with van der Waals surface area (Å²) in [5, 5.41) is 14.3. The topological polar surface area (TPSA) is 64.4 Å². The van der Waals surface area contributed by atoms with Crippen LogP contribution in [0.15, 0.2) is 18.2 Å². The van der Waals surface area contributed by atoms with Gasteiger partial charge in [-0.3, -0.25) is 10.1 Å². The summed E-state index contributed by atoms with van der Waals surface area (Å²) in [7, 11) is 0. The Morgan fingerprint density at radius 1 is 1.44 bits per heavy atom. The molecule has 18 heavy (non-hydrogen) atoms. The molecule has 0 aromatic heterocycles. The zero-order chi connectivity index (χ0) is 13.0. The molecule has 1 aromatic carbocycles. The fraction of sp³-hybridized carbons (Fsp3) is 0.500. The molecule has 0 bridgehead atoms. The van der Waals surface area contributed by atoms with E-state index in [1.807, 2.05) is 0 Å². The van der Waals surface area contributed by atoms with Crippen molar-refractivity contribution in [3.8, 4) is 5.75 Å². The minimum atomic E-state index is -0.500. The second-order valence-electron chi connectivity index (χ2n) is 4.35. The predicted octanol–water partition coefficient (Wildman–Crippen LogP) is 2.63. The normalized spacial score (nSPS) is 16.5. The highest BCUT2D eigenvalue weighted by Crippen LogP contribution is 2.34. The molecule has 98 valence electrons. The lowest BCUT2D eigenvalue weighted by molar-refractivity contribution is -0.385. The van der Waals surface area contributed by atoms with Crippen LogP contribution in [-0.4, -0.2) is 24.6 Å². The minimum Gasteiger partial charge on any atom is -0.486 e. The van der Waals surface area contributed by atoms with Crippen molar-refractivity contribution in [2.45, 2.75) is 12.8 Å². The number of nitrogens with zero attached hydrogens (tertiary/aromatic N) is 1. The first-order chi connectivity index (χ1) is 8.68. The molecule has 0 unspecified atom stereocenters. The summed E-state index contributed by atoms with van der Waals surface area (Å²) in [6, 6.07) is 4.75. The van der Waals surface area contributed by atoms with E-state index in [2.05, 4.69) is 5.32 Å². The molecule has 0 atom stereocenters. The predicted molar refractivity (Wildman–Crippen MR) is 69.2 cm³/mol. The van der Waals surface area contributed by atoms with Gasteiger partial charge in [0.1, 0.15) is 5.02 Å². The molecule has 2 rings (SSSR count). The van der Waals surface area contributed by atoms with Gasteiger partial charge in [0.15, 0.2) is 5.75 Å². The van der Waals surface area contributed by atoms with Crippen LogP contribution in [0.2, 0.25) is 5.02 Å². The molecule has 5 nitrogen and oxygen atoms in total. The van der Waals surface area contributed by atoms with Gasteiger partial charge < -0.3 is 10.1 Å². The van der Waals surface area contributed by atoms with Crippen molar-refractivity contribution in [3.63, 3.8) is 0 Å². The first kappa shape index (κ1) is 13.1. The van der Waals surface area contributed by atoms with Crippen molar-refractivity contribution < 1.29 is 9.66 Å². The quantitative estimate of drug-likeness (QED) is 0.675. The Hall–Kier alpha value is -1.33. The number of halogens is 1. The number of rotatable bonds is 4. The Balaban J connectivity index is 2.04. The fourth-order valence-corrected chi connectivity index (χ4v) is 2.28. The molecule has 6 heteroatoms. The molecule has 0 saturated carbocycles. The molecule has 1 heterocycles. The molecule has 1 aliphatic heterocycles. The van der Waals surface area contributed by atoms with Gasteiger partial charge in [-0.1, -0.05) is 17.7 Å². The standard InChI is InChI=1S/C12H15ClN2O3/c13-10-2-1-3-11(12(10)15(16)17)18-8-9-4-6-14-7-5-9/h1-3,9,14H,4-8H2. The first-order valence-electron chi connectivity index (χ1n) is 5.95. The molecule has 1 fully saturated rings. The smallest absolute Gasteiger partial charge is 0.329 e. The lowest BCUT2D eigenvalue weighted by atomic mass is 9.99. The van der Waals surface area contributed by atoms with E-state index in [0.717, 1.165) is 25.9 Å². The van der Waals surface area contributed by atoms with Gasteiger partial charge in [-0.15, -0.1) is 0 Å². The minimum absolute atomic E-state index is 0.114. The Kier molecular flexibility index (Phi) is 4.38. The van der Waals surface area contributed by atoms with Gasteiger partial charge in [0.25, 0.3) is 0 Å². The number of hydrogen-bond donors (Lipinski definition) is 1. The van der Waals surface area contributed by atoms with Crippen LogP contribution in [0.25, 0.3) is 0 Å². The van der Waals surface area contributed by atoms with Gasteiger partial charge in [0.2, 0.25) is 0 Å². The fourth-order valence-electron chi connectivity index (χ4n) is 2.05. The summed E-state index contributed by atoms with van der Waals surface area (Å²) in [6.07, 6.45) is 2.07. The Morgan fingerprint density at radius 3 is 2.83 bits per heavy atom. The molecule has 0 spiro atoms. The third-order valence-corrected chi connectivity index (χ3v) is 3.37. The molecular formula is C12H15ClN2O3. The Bertz CT molecular complexity index is 433. The molecule has 1 aliphatic rings. The summed E-state index contributed by atoms with van der Waals surface area (Å²) < 4.78 is 5.56. The number of nitrogens with one attached hydrogen (secondary N) is 1. The zero-order valence-electron chi connectivity index (χ0n) is 9.89. The molecule has 0 radical (unpaired) electrons. The van der Waals surface area contributed by atoms with Gasteiger partial charge in [-0.25, -0.2) is 0 Å². The van der Waals surface area contributed by atoms with Crippen LogP contribution in [0.3, 0.4) is 0 Å². The van der Waals surface area contributed by atoms with E-state index in [0.29, 0.717) is 12.5 Å². The second kappa shape index (κ2) is 6.02. The van der Waals surface area contributed by atoms with Crippen LogP contribution in [0.1, 0.15) is 12.8 Å². The number of nitro benzene ring substituents is 1. The van der Waals surface area contributed by atoms with Crippen LogP contribution < -0.4 is 10.1 Å². The van der Waals surface area contributed by atoms with Crippen LogP contribution in [0.5, 0.6) is 5.75 Å². The van der Waals surface area contributed by atoms with Gasteiger partial charge in [0, 0.05) is 0 Å². The maximum atomic E-state index is 10.9. The Morgan fingerprint density at radius 2 is 2.17 bits per heavy atom. The van der Waals surface area contributed by atoms with Crippen LogP contribution in [-0.2, 0) is 0 Å². The molecule has 1 saturated heterocycles. The Labute approximate surface area is 110 Å². The number of para-hydroxylation sites is 1. The lowest BCUT2D eigenvalue weighted by Crippen LogP contribution is -2.30. The average Bonchev–Trinajstić information content (AvgIpc) is 2.37. The number of nitro groups is 1. The van der Waals surface area contributed by atoms with Crippen molar-refractivity contribution >= 4 is 17.3 Å². The van der Waals surface area contributed by atoms with E-state index in [9.17, 15) is 10.1 Å². The van der Waals surface area contributed by atoms with Crippen molar-refractivity contribution in [2.24, 2.45) is 5.92 Å². The second-order valence-corrected chi connectivity index (χ2v) is 4.76. The number of piperidine rings is 1. The molecule has 0 amide bonds. The van der Waals surface area contributed by atoms with Gasteiger partial charge in [-0.05, 0) is 44.0 Å². The number of benzene rings is 1.